The number of azo groups is 1. The molecule has 0 spiro atoms. The molecule has 2 rings (SSSR count). The fourth-order valence-electron chi connectivity index (χ4n) is 2.43. The van der Waals surface area contributed by atoms with Crippen molar-refractivity contribution in [3.63, 3.8) is 0 Å². The number of carbonyl (C=O) groups excluding carboxylic acids is 2. The third-order valence-electron chi connectivity index (χ3n) is 3.87. The van der Waals surface area contributed by atoms with Gasteiger partial charge in [-0.2, -0.15) is 10.2 Å². The average Bonchev–Trinajstić information content (AvgIpc) is 2.70. The van der Waals surface area contributed by atoms with Crippen LogP contribution in [0.5, 0.6) is 0 Å². The molecule has 27 heavy (non-hydrogen) atoms. The summed E-state index contributed by atoms with van der Waals surface area (Å²) < 4.78 is 0. The fraction of sp³-hybridized carbons (Fsp3) is 0.300. The van der Waals surface area contributed by atoms with E-state index in [2.05, 4.69) is 15.5 Å². The molecule has 0 aromatic heterocycles. The molecule has 0 radical (unpaired) electrons. The SMILES string of the molecule is O=C(CCCCCCC(=O)Nc1ccc(/N=N/c2ccccc2)cc1)NO. The number of anilines is 1. The van der Waals surface area contributed by atoms with Gasteiger partial charge in [-0.05, 0) is 49.2 Å². The predicted octanol–water partition coefficient (Wildman–Crippen LogP) is 4.89. The van der Waals surface area contributed by atoms with Gasteiger partial charge in [-0.1, -0.05) is 31.0 Å². The molecular weight excluding hydrogens is 344 g/mol. The van der Waals surface area contributed by atoms with E-state index in [9.17, 15) is 9.59 Å². The summed E-state index contributed by atoms with van der Waals surface area (Å²) in [5, 5.41) is 19.5. The number of amides is 2. The zero-order chi connectivity index (χ0) is 19.3. The van der Waals surface area contributed by atoms with E-state index in [0.29, 0.717) is 24.9 Å². The smallest absolute Gasteiger partial charge is 0.243 e. The molecule has 2 aromatic carbocycles. The number of benzene rings is 2. The molecule has 0 atom stereocenters. The van der Waals surface area contributed by atoms with Crippen LogP contribution in [-0.2, 0) is 9.59 Å². The minimum absolute atomic E-state index is 0.0400. The molecule has 7 nitrogen and oxygen atoms in total. The number of nitrogens with one attached hydrogen (secondary N) is 2. The van der Waals surface area contributed by atoms with Crippen LogP contribution in [0.3, 0.4) is 0 Å². The van der Waals surface area contributed by atoms with Crippen LogP contribution in [0.4, 0.5) is 17.1 Å². The van der Waals surface area contributed by atoms with Crippen LogP contribution >= 0.6 is 0 Å². The van der Waals surface area contributed by atoms with Gasteiger partial charge >= 0.3 is 0 Å². The van der Waals surface area contributed by atoms with Crippen LogP contribution in [0.25, 0.3) is 0 Å². The third kappa shape index (κ3) is 8.24. The van der Waals surface area contributed by atoms with Crippen molar-refractivity contribution in [1.82, 2.24) is 5.48 Å². The molecular formula is C20H24N4O3. The Labute approximate surface area is 158 Å². The minimum atomic E-state index is -0.375. The van der Waals surface area contributed by atoms with Crippen molar-refractivity contribution in [2.45, 2.75) is 38.5 Å². The van der Waals surface area contributed by atoms with Gasteiger partial charge in [0, 0.05) is 18.5 Å². The lowest BCUT2D eigenvalue weighted by molar-refractivity contribution is -0.129. The van der Waals surface area contributed by atoms with E-state index in [1.165, 1.54) is 0 Å². The lowest BCUT2D eigenvalue weighted by Gasteiger charge is -2.05. The van der Waals surface area contributed by atoms with E-state index in [-0.39, 0.29) is 11.8 Å². The topological polar surface area (TPSA) is 103 Å². The molecule has 0 aliphatic heterocycles. The van der Waals surface area contributed by atoms with Crippen LogP contribution < -0.4 is 10.8 Å². The molecule has 2 amide bonds. The molecule has 0 unspecified atom stereocenters. The first-order valence-corrected chi connectivity index (χ1v) is 8.97. The van der Waals surface area contributed by atoms with Gasteiger partial charge in [0.2, 0.25) is 11.8 Å². The number of hydrogen-bond acceptors (Lipinski definition) is 5. The van der Waals surface area contributed by atoms with E-state index in [0.717, 1.165) is 30.6 Å². The molecule has 7 heteroatoms. The summed E-state index contributed by atoms with van der Waals surface area (Å²) >= 11 is 0. The van der Waals surface area contributed by atoms with Crippen LogP contribution in [0.15, 0.2) is 64.8 Å². The van der Waals surface area contributed by atoms with Gasteiger partial charge in [-0.15, -0.1) is 0 Å². The Morgan fingerprint density at radius 1 is 0.741 bits per heavy atom. The van der Waals surface area contributed by atoms with Crippen molar-refractivity contribution in [3.05, 3.63) is 54.6 Å². The molecule has 2 aromatic rings. The van der Waals surface area contributed by atoms with E-state index in [1.807, 2.05) is 30.3 Å². The fourth-order valence-corrected chi connectivity index (χ4v) is 2.43. The molecule has 0 aliphatic carbocycles. The Hall–Kier alpha value is -3.06. The van der Waals surface area contributed by atoms with E-state index >= 15 is 0 Å². The number of carbonyl (C=O) groups is 2. The second-order valence-electron chi connectivity index (χ2n) is 6.08. The summed E-state index contributed by atoms with van der Waals surface area (Å²) in [5.74, 6) is -0.416. The second kappa shape index (κ2) is 11.5. The summed E-state index contributed by atoms with van der Waals surface area (Å²) in [7, 11) is 0. The molecule has 0 heterocycles. The monoisotopic (exact) mass is 368 g/mol. The first-order valence-electron chi connectivity index (χ1n) is 8.97. The Morgan fingerprint density at radius 3 is 1.89 bits per heavy atom. The van der Waals surface area contributed by atoms with E-state index in [4.69, 9.17) is 5.21 Å². The van der Waals surface area contributed by atoms with E-state index in [1.54, 1.807) is 29.7 Å². The molecule has 0 fully saturated rings. The number of rotatable bonds is 10. The highest BCUT2D eigenvalue weighted by molar-refractivity contribution is 5.90. The van der Waals surface area contributed by atoms with Gasteiger partial charge in [-0.25, -0.2) is 5.48 Å². The lowest BCUT2D eigenvalue weighted by Crippen LogP contribution is -2.17. The first-order chi connectivity index (χ1) is 13.2. The van der Waals surface area contributed by atoms with Gasteiger partial charge in [0.1, 0.15) is 0 Å². The maximum absolute atomic E-state index is 11.9. The Bertz CT molecular complexity index is 746. The number of unbranched alkanes of at least 4 members (excludes halogenated alkanes) is 3. The quantitative estimate of drug-likeness (QED) is 0.241. The van der Waals surface area contributed by atoms with Gasteiger partial charge in [0.15, 0.2) is 0 Å². The maximum atomic E-state index is 11.9. The van der Waals surface area contributed by atoms with Gasteiger partial charge in [0.25, 0.3) is 0 Å². The maximum Gasteiger partial charge on any atom is 0.243 e. The zero-order valence-corrected chi connectivity index (χ0v) is 15.1. The third-order valence-corrected chi connectivity index (χ3v) is 3.87. The van der Waals surface area contributed by atoms with Crippen LogP contribution in [0.1, 0.15) is 38.5 Å². The van der Waals surface area contributed by atoms with Crippen LogP contribution in [0, 0.1) is 0 Å². The Balaban J connectivity index is 1.67. The van der Waals surface area contributed by atoms with Crippen molar-refractivity contribution >= 4 is 28.9 Å². The Kier molecular flexibility index (Phi) is 8.65. The summed E-state index contributed by atoms with van der Waals surface area (Å²) in [5.41, 5.74) is 3.82. The minimum Gasteiger partial charge on any atom is -0.326 e. The van der Waals surface area contributed by atoms with Crippen LogP contribution in [-0.4, -0.2) is 17.0 Å². The summed E-state index contributed by atoms with van der Waals surface area (Å²) in [4.78, 5) is 22.8. The van der Waals surface area contributed by atoms with Crippen LogP contribution in [0.2, 0.25) is 0 Å². The summed E-state index contributed by atoms with van der Waals surface area (Å²) in [6.07, 6.45) is 3.91. The number of nitrogens with zero attached hydrogens (tertiary/aromatic N) is 2. The molecule has 0 aliphatic rings. The average molecular weight is 368 g/mol. The number of hydrogen-bond donors (Lipinski definition) is 3. The largest absolute Gasteiger partial charge is 0.326 e. The van der Waals surface area contributed by atoms with Gasteiger partial charge < -0.3 is 5.32 Å². The first kappa shape index (κ1) is 20.3. The standard InChI is InChI=1S/C20H24N4O3/c25-19(10-6-1-2-7-11-20(26)24-27)21-16-12-14-18(15-13-16)23-22-17-8-4-3-5-9-17/h3-5,8-9,12-15,27H,1-2,6-7,10-11H2,(H,21,25)(H,24,26)/b23-22+. The van der Waals surface area contributed by atoms with Gasteiger partial charge in [0.05, 0.1) is 11.4 Å². The van der Waals surface area contributed by atoms with Crippen molar-refractivity contribution in [1.29, 1.82) is 0 Å². The normalized spacial score (nSPS) is 10.7. The second-order valence-corrected chi connectivity index (χ2v) is 6.08. The molecule has 3 N–H and O–H groups in total. The number of hydroxylamine groups is 1. The lowest BCUT2D eigenvalue weighted by atomic mass is 10.1. The van der Waals surface area contributed by atoms with Crippen molar-refractivity contribution in [3.8, 4) is 0 Å². The highest BCUT2D eigenvalue weighted by Gasteiger charge is 2.03. The highest BCUT2D eigenvalue weighted by Crippen LogP contribution is 2.20. The van der Waals surface area contributed by atoms with Crippen molar-refractivity contribution in [2.24, 2.45) is 10.2 Å². The Morgan fingerprint density at radius 2 is 1.30 bits per heavy atom. The molecule has 0 saturated heterocycles. The molecule has 0 bridgehead atoms. The van der Waals surface area contributed by atoms with E-state index < -0.39 is 0 Å². The van der Waals surface area contributed by atoms with Gasteiger partial charge in [-0.3, -0.25) is 14.8 Å². The summed E-state index contributed by atoms with van der Waals surface area (Å²) in [6, 6.07) is 16.7. The molecule has 142 valence electrons. The molecule has 0 saturated carbocycles. The predicted molar refractivity (Wildman–Crippen MR) is 103 cm³/mol. The zero-order valence-electron chi connectivity index (χ0n) is 15.1. The van der Waals surface area contributed by atoms with Crippen molar-refractivity contribution < 1.29 is 14.8 Å². The van der Waals surface area contributed by atoms with Crippen molar-refractivity contribution in [2.75, 3.05) is 5.32 Å². The summed E-state index contributed by atoms with van der Waals surface area (Å²) in [6.45, 7) is 0. The highest BCUT2D eigenvalue weighted by atomic mass is 16.5.